The SMILES string of the molecule is N#Cc1ccccc1NC(=O)c1cc2ccc([N+](=O)[O-])cc2c(=O)o1. The lowest BCUT2D eigenvalue weighted by molar-refractivity contribution is -0.384. The highest BCUT2D eigenvalue weighted by molar-refractivity contribution is 6.04. The van der Waals surface area contributed by atoms with Crippen molar-refractivity contribution in [2.45, 2.75) is 0 Å². The molecule has 25 heavy (non-hydrogen) atoms. The van der Waals surface area contributed by atoms with Gasteiger partial charge in [0.05, 0.1) is 21.6 Å². The molecule has 0 fully saturated rings. The number of nitro groups is 1. The van der Waals surface area contributed by atoms with Gasteiger partial charge in [-0.05, 0) is 29.7 Å². The van der Waals surface area contributed by atoms with Crippen LogP contribution in [-0.4, -0.2) is 10.8 Å². The first kappa shape index (κ1) is 15.9. The molecule has 0 unspecified atom stereocenters. The highest BCUT2D eigenvalue weighted by atomic mass is 16.6. The van der Waals surface area contributed by atoms with Crippen LogP contribution in [0.3, 0.4) is 0 Å². The van der Waals surface area contributed by atoms with Crippen LogP contribution < -0.4 is 10.9 Å². The van der Waals surface area contributed by atoms with Crippen molar-refractivity contribution in [2.75, 3.05) is 5.32 Å². The zero-order chi connectivity index (χ0) is 18.0. The number of carbonyl (C=O) groups is 1. The molecule has 0 atom stereocenters. The average Bonchev–Trinajstić information content (AvgIpc) is 2.61. The van der Waals surface area contributed by atoms with Gasteiger partial charge in [0.25, 0.3) is 11.6 Å². The van der Waals surface area contributed by atoms with E-state index >= 15 is 0 Å². The lowest BCUT2D eigenvalue weighted by Gasteiger charge is -2.06. The number of para-hydroxylation sites is 1. The standard InChI is InChI=1S/C17H9N3O5/c18-9-11-3-1-2-4-14(11)19-16(21)15-7-10-5-6-12(20(23)24)8-13(10)17(22)25-15/h1-8H,(H,19,21). The van der Waals surface area contributed by atoms with Crippen LogP contribution in [0, 0.1) is 21.4 Å². The molecule has 2 aromatic carbocycles. The summed E-state index contributed by atoms with van der Waals surface area (Å²) < 4.78 is 4.96. The minimum Gasteiger partial charge on any atom is -0.417 e. The second kappa shape index (κ2) is 6.25. The van der Waals surface area contributed by atoms with Gasteiger partial charge < -0.3 is 9.73 Å². The summed E-state index contributed by atoms with van der Waals surface area (Å²) in [5, 5.41) is 22.6. The van der Waals surface area contributed by atoms with Gasteiger partial charge in [0.1, 0.15) is 6.07 Å². The van der Waals surface area contributed by atoms with E-state index in [4.69, 9.17) is 9.68 Å². The Labute approximate surface area is 140 Å². The predicted octanol–water partition coefficient (Wildman–Crippen LogP) is 2.83. The maximum atomic E-state index is 12.3. The molecule has 0 spiro atoms. The van der Waals surface area contributed by atoms with Crippen molar-refractivity contribution in [3.8, 4) is 6.07 Å². The number of hydrogen-bond acceptors (Lipinski definition) is 6. The molecular weight excluding hydrogens is 326 g/mol. The lowest BCUT2D eigenvalue weighted by atomic mass is 10.1. The Balaban J connectivity index is 2.00. The fourth-order valence-electron chi connectivity index (χ4n) is 2.27. The molecule has 1 amide bonds. The minimum atomic E-state index is -0.861. The van der Waals surface area contributed by atoms with Crippen LogP contribution in [0.4, 0.5) is 11.4 Å². The summed E-state index contributed by atoms with van der Waals surface area (Å²) in [7, 11) is 0. The number of benzene rings is 2. The van der Waals surface area contributed by atoms with E-state index in [0.717, 1.165) is 6.07 Å². The van der Waals surface area contributed by atoms with E-state index in [2.05, 4.69) is 5.32 Å². The second-order valence-electron chi connectivity index (χ2n) is 5.04. The van der Waals surface area contributed by atoms with Gasteiger partial charge in [-0.1, -0.05) is 12.1 Å². The topological polar surface area (TPSA) is 126 Å². The van der Waals surface area contributed by atoms with Crippen LogP contribution in [0.15, 0.2) is 57.7 Å². The number of amides is 1. The second-order valence-corrected chi connectivity index (χ2v) is 5.04. The van der Waals surface area contributed by atoms with Crippen molar-refractivity contribution >= 4 is 28.1 Å². The first-order chi connectivity index (χ1) is 12.0. The van der Waals surface area contributed by atoms with Crippen molar-refractivity contribution in [1.29, 1.82) is 5.26 Å². The molecule has 0 bridgehead atoms. The summed E-state index contributed by atoms with van der Waals surface area (Å²) in [6, 6.07) is 13.3. The first-order valence-electron chi connectivity index (χ1n) is 7.02. The van der Waals surface area contributed by atoms with Crippen LogP contribution >= 0.6 is 0 Å². The monoisotopic (exact) mass is 335 g/mol. The molecule has 0 saturated carbocycles. The Morgan fingerprint density at radius 3 is 2.68 bits per heavy atom. The quantitative estimate of drug-likeness (QED) is 0.579. The molecule has 8 heteroatoms. The number of nitrogens with zero attached hydrogens (tertiary/aromatic N) is 2. The number of non-ortho nitro benzene ring substituents is 1. The number of fused-ring (bicyclic) bond motifs is 1. The van der Waals surface area contributed by atoms with Gasteiger partial charge in [0.15, 0.2) is 5.76 Å². The van der Waals surface area contributed by atoms with Crippen molar-refractivity contribution in [3.63, 3.8) is 0 Å². The number of anilines is 1. The molecule has 0 aliphatic rings. The number of nitro benzene ring substituents is 1. The van der Waals surface area contributed by atoms with Gasteiger partial charge >= 0.3 is 5.63 Å². The molecule has 1 heterocycles. The number of rotatable bonds is 3. The van der Waals surface area contributed by atoms with Crippen molar-refractivity contribution in [3.05, 3.63) is 80.4 Å². The third-order valence-electron chi connectivity index (χ3n) is 3.48. The molecule has 122 valence electrons. The van der Waals surface area contributed by atoms with E-state index in [1.54, 1.807) is 18.2 Å². The predicted molar refractivity (Wildman–Crippen MR) is 88.2 cm³/mol. The van der Waals surface area contributed by atoms with E-state index in [0.29, 0.717) is 5.39 Å². The van der Waals surface area contributed by atoms with E-state index in [9.17, 15) is 19.7 Å². The molecule has 3 rings (SSSR count). The summed E-state index contributed by atoms with van der Waals surface area (Å²) in [5.74, 6) is -0.973. The molecule has 0 saturated heterocycles. The smallest absolute Gasteiger partial charge is 0.344 e. The Hall–Kier alpha value is -3.99. The first-order valence-corrected chi connectivity index (χ1v) is 7.02. The number of carbonyl (C=O) groups excluding carboxylic acids is 1. The Kier molecular flexibility index (Phi) is 3.97. The van der Waals surface area contributed by atoms with Crippen LogP contribution in [0.5, 0.6) is 0 Å². The fraction of sp³-hybridized carbons (Fsp3) is 0. The molecule has 8 nitrogen and oxygen atoms in total. The molecule has 0 radical (unpaired) electrons. The van der Waals surface area contributed by atoms with Crippen LogP contribution in [0.2, 0.25) is 0 Å². The van der Waals surface area contributed by atoms with Gasteiger partial charge in [-0.2, -0.15) is 5.26 Å². The normalized spacial score (nSPS) is 10.2. The maximum Gasteiger partial charge on any atom is 0.344 e. The molecule has 0 aliphatic heterocycles. The Bertz CT molecular complexity index is 1110. The van der Waals surface area contributed by atoms with Crippen molar-refractivity contribution in [1.82, 2.24) is 0 Å². The lowest BCUT2D eigenvalue weighted by Crippen LogP contribution is -2.15. The summed E-state index contributed by atoms with van der Waals surface area (Å²) in [6.07, 6.45) is 0. The van der Waals surface area contributed by atoms with E-state index < -0.39 is 16.5 Å². The number of hydrogen-bond donors (Lipinski definition) is 1. The molecular formula is C17H9N3O5. The number of nitriles is 1. The number of nitrogens with one attached hydrogen (secondary N) is 1. The van der Waals surface area contributed by atoms with Crippen molar-refractivity contribution in [2.24, 2.45) is 0 Å². The fourth-order valence-corrected chi connectivity index (χ4v) is 2.27. The maximum absolute atomic E-state index is 12.3. The van der Waals surface area contributed by atoms with Gasteiger partial charge in [-0.25, -0.2) is 4.79 Å². The summed E-state index contributed by atoms with van der Waals surface area (Å²) >= 11 is 0. The Morgan fingerprint density at radius 2 is 1.96 bits per heavy atom. The van der Waals surface area contributed by atoms with Gasteiger partial charge in [-0.15, -0.1) is 0 Å². The highest BCUT2D eigenvalue weighted by Gasteiger charge is 2.16. The zero-order valence-electron chi connectivity index (χ0n) is 12.6. The average molecular weight is 335 g/mol. The molecule has 0 aliphatic carbocycles. The zero-order valence-corrected chi connectivity index (χ0v) is 12.6. The van der Waals surface area contributed by atoms with Gasteiger partial charge in [0, 0.05) is 12.1 Å². The third kappa shape index (κ3) is 3.07. The van der Waals surface area contributed by atoms with E-state index in [-0.39, 0.29) is 28.1 Å². The summed E-state index contributed by atoms with van der Waals surface area (Å²) in [5.41, 5.74) is -0.573. The molecule has 1 N–H and O–H groups in total. The molecule has 3 aromatic rings. The summed E-state index contributed by atoms with van der Waals surface area (Å²) in [4.78, 5) is 34.5. The van der Waals surface area contributed by atoms with E-state index in [1.807, 2.05) is 6.07 Å². The van der Waals surface area contributed by atoms with Crippen LogP contribution in [-0.2, 0) is 0 Å². The molecule has 1 aromatic heterocycles. The van der Waals surface area contributed by atoms with Crippen molar-refractivity contribution < 1.29 is 14.1 Å². The van der Waals surface area contributed by atoms with Crippen LogP contribution in [0.1, 0.15) is 16.1 Å². The van der Waals surface area contributed by atoms with Gasteiger partial charge in [-0.3, -0.25) is 14.9 Å². The van der Waals surface area contributed by atoms with Crippen LogP contribution in [0.25, 0.3) is 10.8 Å². The minimum absolute atomic E-state index is 0.00294. The van der Waals surface area contributed by atoms with E-state index in [1.165, 1.54) is 24.3 Å². The third-order valence-corrected chi connectivity index (χ3v) is 3.48. The summed E-state index contributed by atoms with van der Waals surface area (Å²) in [6.45, 7) is 0. The highest BCUT2D eigenvalue weighted by Crippen LogP contribution is 2.20. The Morgan fingerprint density at radius 1 is 1.20 bits per heavy atom. The van der Waals surface area contributed by atoms with Gasteiger partial charge in [0.2, 0.25) is 0 Å². The largest absolute Gasteiger partial charge is 0.417 e.